The predicted molar refractivity (Wildman–Crippen MR) is 272 cm³/mol. The van der Waals surface area contributed by atoms with Gasteiger partial charge in [0.05, 0.1) is 30.3 Å². The minimum absolute atomic E-state index is 0.0368. The first-order valence-corrected chi connectivity index (χ1v) is 23.6. The third-order valence-corrected chi connectivity index (χ3v) is 14.7. The highest BCUT2D eigenvalue weighted by molar-refractivity contribution is 6.12. The summed E-state index contributed by atoms with van der Waals surface area (Å²) in [5.41, 5.74) is 12.3. The Kier molecular flexibility index (Phi) is 10.3. The van der Waals surface area contributed by atoms with E-state index in [1.807, 2.05) is 72.6 Å². The summed E-state index contributed by atoms with van der Waals surface area (Å²) in [5.74, 6) is 3.26. The van der Waals surface area contributed by atoms with Gasteiger partial charge in [0.15, 0.2) is 5.75 Å². The van der Waals surface area contributed by atoms with E-state index in [0.717, 1.165) is 63.0 Å². The highest BCUT2D eigenvalue weighted by Gasteiger charge is 2.58. The van der Waals surface area contributed by atoms with E-state index >= 15 is 0 Å². The van der Waals surface area contributed by atoms with Crippen LogP contribution in [0.1, 0.15) is 62.2 Å². The second kappa shape index (κ2) is 16.8. The third-order valence-electron chi connectivity index (χ3n) is 14.7. The highest BCUT2D eigenvalue weighted by Crippen LogP contribution is 2.58. The fourth-order valence-corrected chi connectivity index (χ4v) is 11.5. The van der Waals surface area contributed by atoms with E-state index in [1.165, 1.54) is 27.9 Å². The summed E-state index contributed by atoms with van der Waals surface area (Å²) in [7, 11) is 3.71. The number of para-hydroxylation sites is 2. The number of anilines is 3. The molecular weight excluding hydrogens is 855 g/mol. The molecule has 8 heteroatoms. The number of rotatable bonds is 7. The number of carbonyl (C=O) groups excluding carboxylic acids is 1. The van der Waals surface area contributed by atoms with E-state index in [2.05, 4.69) is 156 Å². The number of methoxy groups -OCH3 is 1. The first kappa shape index (κ1) is 42.1. The van der Waals surface area contributed by atoms with Crippen molar-refractivity contribution >= 4 is 23.0 Å². The monoisotopic (exact) mass is 905 g/mol. The Bertz CT molecular complexity index is 3180. The number of nitrogens with zero attached hydrogens (tertiary/aromatic N) is 3. The number of hydrogen-bond acceptors (Lipinski definition) is 7. The fourth-order valence-electron chi connectivity index (χ4n) is 11.5. The summed E-state index contributed by atoms with van der Waals surface area (Å²) in [6.07, 6.45) is 3.67. The average Bonchev–Trinajstić information content (AvgIpc) is 4.13. The number of carbonyl (C=O) groups is 1. The lowest BCUT2D eigenvalue weighted by molar-refractivity contribution is -0.122. The summed E-state index contributed by atoms with van der Waals surface area (Å²) in [5, 5.41) is 0. The number of hydrogen-bond donors (Lipinski definition) is 0. The van der Waals surface area contributed by atoms with Gasteiger partial charge in [-0.25, -0.2) is 0 Å². The van der Waals surface area contributed by atoms with Crippen molar-refractivity contribution < 1.29 is 23.7 Å². The molecule has 69 heavy (non-hydrogen) atoms. The van der Waals surface area contributed by atoms with Crippen molar-refractivity contribution in [3.63, 3.8) is 0 Å². The van der Waals surface area contributed by atoms with Gasteiger partial charge in [-0.3, -0.25) is 9.69 Å². The van der Waals surface area contributed by atoms with Gasteiger partial charge in [-0.1, -0.05) is 158 Å². The number of benzene rings is 8. The molecule has 0 fully saturated rings. The van der Waals surface area contributed by atoms with Gasteiger partial charge in [0.2, 0.25) is 5.91 Å². The Hall–Kier alpha value is -8.23. The Morgan fingerprint density at radius 2 is 1.07 bits per heavy atom. The molecule has 340 valence electrons. The number of ether oxygens (including phenoxy) is 4. The third kappa shape index (κ3) is 6.68. The minimum atomic E-state index is -0.884. The molecule has 5 aliphatic heterocycles. The number of amides is 1. The summed E-state index contributed by atoms with van der Waals surface area (Å²) in [4.78, 5) is 21.3. The maximum atomic E-state index is 14.6. The van der Waals surface area contributed by atoms with E-state index in [1.54, 1.807) is 13.4 Å². The maximum absolute atomic E-state index is 14.6. The lowest BCUT2D eigenvalue weighted by Crippen LogP contribution is -2.44. The lowest BCUT2D eigenvalue weighted by Gasteiger charge is -2.33. The predicted octanol–water partition coefficient (Wildman–Crippen LogP) is 12.1. The van der Waals surface area contributed by atoms with Gasteiger partial charge in [-0.2, -0.15) is 0 Å². The molecule has 2 unspecified atom stereocenters. The van der Waals surface area contributed by atoms with E-state index in [4.69, 9.17) is 18.9 Å². The Morgan fingerprint density at radius 3 is 1.70 bits per heavy atom. The van der Waals surface area contributed by atoms with Crippen LogP contribution in [0.3, 0.4) is 0 Å². The van der Waals surface area contributed by atoms with Crippen LogP contribution in [0.25, 0.3) is 0 Å². The quantitative estimate of drug-likeness (QED) is 0.158. The van der Waals surface area contributed by atoms with Gasteiger partial charge in [0.25, 0.3) is 0 Å². The molecule has 8 aromatic carbocycles. The van der Waals surface area contributed by atoms with Crippen LogP contribution >= 0.6 is 0 Å². The van der Waals surface area contributed by atoms with Crippen molar-refractivity contribution in [2.45, 2.75) is 29.8 Å². The van der Waals surface area contributed by atoms with Crippen LogP contribution in [-0.2, 0) is 15.6 Å². The van der Waals surface area contributed by atoms with Crippen LogP contribution in [0, 0.1) is 6.92 Å². The lowest BCUT2D eigenvalue weighted by atomic mass is 9.76. The fraction of sp³-hybridized carbons (Fsp3) is 0.164. The van der Waals surface area contributed by atoms with Crippen molar-refractivity contribution in [3.05, 3.63) is 257 Å². The Morgan fingerprint density at radius 1 is 0.536 bits per heavy atom. The molecule has 0 N–H and O–H groups in total. The largest absolute Gasteiger partial charge is 0.496 e. The maximum Gasteiger partial charge on any atom is 0.246 e. The van der Waals surface area contributed by atoms with Gasteiger partial charge in [-0.15, -0.1) is 0 Å². The molecule has 5 heterocycles. The summed E-state index contributed by atoms with van der Waals surface area (Å²) in [6.45, 7) is 3.74. The first-order chi connectivity index (χ1) is 33.9. The van der Waals surface area contributed by atoms with Gasteiger partial charge in [-0.05, 0) is 70.1 Å². The molecule has 0 aliphatic carbocycles. The standard InChI is InChI=1S/C31H26N2O2.C30H25NO3/c1-32-16-17-34-29-19-28-25(18-27(29)32)31(21-35-28)20-33(26-15-9-8-14-24(26)31)30(22-10-4-2-5-11-22)23-12-6-3-7-13-23;1-20-17-24-27(18-26(20)33-2)34-19-30(24)23-15-9-10-16-25(23)31(29(30)32)28(21-11-5-3-6-12-21)22-13-7-4-8-14-22/h2-19,30H,20-21H2,1H3;3-18,28H,19H2,1-2H3. The van der Waals surface area contributed by atoms with Crippen molar-refractivity contribution in [1.82, 2.24) is 0 Å². The smallest absolute Gasteiger partial charge is 0.246 e. The second-order valence-corrected chi connectivity index (χ2v) is 18.5. The van der Waals surface area contributed by atoms with E-state index in [0.29, 0.717) is 12.4 Å². The second-order valence-electron chi connectivity index (χ2n) is 18.5. The van der Waals surface area contributed by atoms with Crippen molar-refractivity contribution in [1.29, 1.82) is 0 Å². The van der Waals surface area contributed by atoms with Gasteiger partial charge >= 0.3 is 0 Å². The van der Waals surface area contributed by atoms with Crippen LogP contribution in [-0.4, -0.2) is 39.8 Å². The molecule has 5 aliphatic rings. The molecule has 2 atom stereocenters. The molecule has 2 spiro atoms. The molecule has 1 amide bonds. The number of aryl methyl sites for hydroxylation is 1. The Balaban J connectivity index is 0.000000143. The van der Waals surface area contributed by atoms with E-state index < -0.39 is 5.41 Å². The molecule has 0 bridgehead atoms. The molecule has 0 aromatic heterocycles. The SMILES string of the molecule is CN1C=COc2cc3c(cc21)C1(CO3)CN(C(c2ccccc2)c2ccccc2)c2ccccc21.COc1cc2c(cc1C)C1(CO2)C(=O)N(C(c2ccccc2)c2ccccc2)c2ccccc21. The minimum Gasteiger partial charge on any atom is -0.496 e. The summed E-state index contributed by atoms with van der Waals surface area (Å²) < 4.78 is 23.9. The number of fused-ring (bicyclic) bond motifs is 9. The van der Waals surface area contributed by atoms with Gasteiger partial charge < -0.3 is 28.7 Å². The average molecular weight is 906 g/mol. The summed E-state index contributed by atoms with van der Waals surface area (Å²) in [6, 6.07) is 67.2. The van der Waals surface area contributed by atoms with Gasteiger partial charge in [0, 0.05) is 54.4 Å². The molecule has 8 nitrogen and oxygen atoms in total. The molecule has 0 saturated carbocycles. The van der Waals surface area contributed by atoms with Crippen molar-refractivity contribution in [2.24, 2.45) is 0 Å². The highest BCUT2D eigenvalue weighted by atomic mass is 16.5. The zero-order valence-corrected chi connectivity index (χ0v) is 38.8. The van der Waals surface area contributed by atoms with Crippen LogP contribution in [0.4, 0.5) is 17.1 Å². The summed E-state index contributed by atoms with van der Waals surface area (Å²) >= 11 is 0. The topological polar surface area (TPSA) is 63.7 Å². The zero-order valence-electron chi connectivity index (χ0n) is 38.8. The first-order valence-electron chi connectivity index (χ1n) is 23.6. The van der Waals surface area contributed by atoms with Crippen LogP contribution < -0.4 is 33.6 Å². The zero-order chi connectivity index (χ0) is 46.7. The van der Waals surface area contributed by atoms with Crippen molar-refractivity contribution in [2.75, 3.05) is 48.6 Å². The molecule has 13 rings (SSSR count). The van der Waals surface area contributed by atoms with Crippen LogP contribution in [0.2, 0.25) is 0 Å². The van der Waals surface area contributed by atoms with Crippen LogP contribution in [0.15, 0.2) is 207 Å². The molecule has 0 radical (unpaired) electrons. The molecule has 0 saturated heterocycles. The van der Waals surface area contributed by atoms with E-state index in [9.17, 15) is 4.79 Å². The molecular formula is C61H51N3O5. The van der Waals surface area contributed by atoms with Crippen LogP contribution in [0.5, 0.6) is 23.0 Å². The molecule has 8 aromatic rings. The van der Waals surface area contributed by atoms with E-state index in [-0.39, 0.29) is 30.0 Å². The Labute approximate surface area is 403 Å². The van der Waals surface area contributed by atoms with Crippen molar-refractivity contribution in [3.8, 4) is 23.0 Å². The normalized spacial score (nSPS) is 18.8. The van der Waals surface area contributed by atoms with Gasteiger partial charge in [0.1, 0.15) is 42.1 Å².